The first-order chi connectivity index (χ1) is 9.29. The molecular weight excluding hydrogens is 270 g/mol. The van der Waals surface area contributed by atoms with Gasteiger partial charge in [-0.15, -0.1) is 0 Å². The van der Waals surface area contributed by atoms with Crippen LogP contribution < -0.4 is 5.46 Å². The van der Waals surface area contributed by atoms with Gasteiger partial charge in [-0.3, -0.25) is 4.98 Å². The van der Waals surface area contributed by atoms with E-state index in [1.54, 1.807) is 13.0 Å². The van der Waals surface area contributed by atoms with Crippen molar-refractivity contribution in [3.8, 4) is 11.3 Å². The molecule has 104 valence electrons. The molecule has 2 rings (SSSR count). The predicted octanol–water partition coefficient (Wildman–Crippen LogP) is 1.76. The van der Waals surface area contributed by atoms with Gasteiger partial charge in [-0.1, -0.05) is 18.2 Å². The van der Waals surface area contributed by atoms with Crippen LogP contribution in [-0.2, 0) is 6.18 Å². The number of nitrogens with zero attached hydrogens (tertiary/aromatic N) is 1. The molecule has 0 amide bonds. The first-order valence-corrected chi connectivity index (χ1v) is 5.80. The standard InChI is InChI=1S/C13H11BF3NO2/c1-8-2-7-11(14(19)20)12(18-8)9-3-5-10(6-4-9)13(15,16)17/h2-7,19-20H,1H3. The van der Waals surface area contributed by atoms with Crippen LogP contribution in [-0.4, -0.2) is 22.2 Å². The summed E-state index contributed by atoms with van der Waals surface area (Å²) >= 11 is 0. The molecular formula is C13H11BF3NO2. The summed E-state index contributed by atoms with van der Waals surface area (Å²) in [6, 6.07) is 7.48. The van der Waals surface area contributed by atoms with E-state index in [-0.39, 0.29) is 11.2 Å². The van der Waals surface area contributed by atoms with Crippen molar-refractivity contribution in [2.75, 3.05) is 0 Å². The van der Waals surface area contributed by atoms with E-state index in [0.717, 1.165) is 12.1 Å². The number of benzene rings is 1. The molecule has 7 heteroatoms. The third-order valence-electron chi connectivity index (χ3n) is 2.83. The van der Waals surface area contributed by atoms with Gasteiger partial charge >= 0.3 is 13.3 Å². The molecule has 2 N–H and O–H groups in total. The fraction of sp³-hybridized carbons (Fsp3) is 0.154. The summed E-state index contributed by atoms with van der Waals surface area (Å²) < 4.78 is 37.5. The number of rotatable bonds is 2. The molecule has 1 aromatic heterocycles. The normalized spacial score (nSPS) is 11.5. The van der Waals surface area contributed by atoms with E-state index in [1.165, 1.54) is 18.2 Å². The molecule has 20 heavy (non-hydrogen) atoms. The van der Waals surface area contributed by atoms with Crippen LogP contribution in [0.1, 0.15) is 11.3 Å². The molecule has 0 saturated carbocycles. The Morgan fingerprint density at radius 2 is 1.60 bits per heavy atom. The van der Waals surface area contributed by atoms with Crippen LogP contribution in [0.3, 0.4) is 0 Å². The Kier molecular flexibility index (Phi) is 3.83. The van der Waals surface area contributed by atoms with Crippen molar-refractivity contribution < 1.29 is 23.2 Å². The van der Waals surface area contributed by atoms with Crippen molar-refractivity contribution in [3.05, 3.63) is 47.7 Å². The van der Waals surface area contributed by atoms with Crippen LogP contribution in [0.4, 0.5) is 13.2 Å². The SMILES string of the molecule is Cc1ccc(B(O)O)c(-c2ccc(C(F)(F)F)cc2)n1. The molecule has 0 spiro atoms. The van der Waals surface area contributed by atoms with Crippen LogP contribution in [0, 0.1) is 6.92 Å². The second kappa shape index (κ2) is 5.26. The summed E-state index contributed by atoms with van der Waals surface area (Å²) in [5.41, 5.74) is 0.665. The van der Waals surface area contributed by atoms with Gasteiger partial charge in [0.15, 0.2) is 0 Å². The molecule has 2 aromatic rings. The molecule has 0 aliphatic heterocycles. The summed E-state index contributed by atoms with van der Waals surface area (Å²) in [5, 5.41) is 18.6. The van der Waals surface area contributed by atoms with Gasteiger partial charge in [0.1, 0.15) is 0 Å². The zero-order valence-corrected chi connectivity index (χ0v) is 10.5. The first kappa shape index (κ1) is 14.6. The van der Waals surface area contributed by atoms with Gasteiger partial charge in [0.2, 0.25) is 0 Å². The van der Waals surface area contributed by atoms with Crippen molar-refractivity contribution >= 4 is 12.6 Å². The zero-order valence-electron chi connectivity index (χ0n) is 10.5. The predicted molar refractivity (Wildman–Crippen MR) is 69.2 cm³/mol. The number of halogens is 3. The number of hydrogen-bond acceptors (Lipinski definition) is 3. The lowest BCUT2D eigenvalue weighted by Gasteiger charge is -2.11. The fourth-order valence-electron chi connectivity index (χ4n) is 1.82. The van der Waals surface area contributed by atoms with Crippen LogP contribution >= 0.6 is 0 Å². The monoisotopic (exact) mass is 281 g/mol. The molecule has 0 radical (unpaired) electrons. The highest BCUT2D eigenvalue weighted by Gasteiger charge is 2.30. The number of pyridine rings is 1. The van der Waals surface area contributed by atoms with E-state index >= 15 is 0 Å². The van der Waals surface area contributed by atoms with E-state index < -0.39 is 18.9 Å². The topological polar surface area (TPSA) is 53.4 Å². The minimum absolute atomic E-state index is 0.148. The van der Waals surface area contributed by atoms with Gasteiger partial charge in [-0.2, -0.15) is 13.2 Å². The van der Waals surface area contributed by atoms with E-state index in [0.29, 0.717) is 11.3 Å². The molecule has 0 bridgehead atoms. The molecule has 0 fully saturated rings. The summed E-state index contributed by atoms with van der Waals surface area (Å²) in [5.74, 6) is 0. The second-order valence-electron chi connectivity index (χ2n) is 4.34. The number of aryl methyl sites for hydroxylation is 1. The smallest absolute Gasteiger partial charge is 0.423 e. The van der Waals surface area contributed by atoms with E-state index in [4.69, 9.17) is 0 Å². The lowest BCUT2D eigenvalue weighted by Crippen LogP contribution is -2.32. The largest absolute Gasteiger partial charge is 0.490 e. The maximum atomic E-state index is 12.5. The van der Waals surface area contributed by atoms with Crippen molar-refractivity contribution in [2.24, 2.45) is 0 Å². The fourth-order valence-corrected chi connectivity index (χ4v) is 1.82. The molecule has 0 saturated heterocycles. The Bertz CT molecular complexity index is 612. The molecule has 0 atom stereocenters. The highest BCUT2D eigenvalue weighted by atomic mass is 19.4. The van der Waals surface area contributed by atoms with Crippen LogP contribution in [0.25, 0.3) is 11.3 Å². The number of hydrogen-bond donors (Lipinski definition) is 2. The molecule has 3 nitrogen and oxygen atoms in total. The van der Waals surface area contributed by atoms with Gasteiger partial charge in [-0.25, -0.2) is 0 Å². The lowest BCUT2D eigenvalue weighted by atomic mass is 9.77. The highest BCUT2D eigenvalue weighted by molar-refractivity contribution is 6.60. The van der Waals surface area contributed by atoms with E-state index in [9.17, 15) is 23.2 Å². The first-order valence-electron chi connectivity index (χ1n) is 5.80. The Labute approximate surface area is 113 Å². The maximum Gasteiger partial charge on any atom is 0.490 e. The Morgan fingerprint density at radius 1 is 1.00 bits per heavy atom. The highest BCUT2D eigenvalue weighted by Crippen LogP contribution is 2.30. The molecule has 0 unspecified atom stereocenters. The van der Waals surface area contributed by atoms with E-state index in [2.05, 4.69) is 4.98 Å². The third kappa shape index (κ3) is 3.00. The molecule has 0 aliphatic rings. The van der Waals surface area contributed by atoms with Crippen molar-refractivity contribution in [1.82, 2.24) is 4.98 Å². The molecule has 1 heterocycles. The second-order valence-corrected chi connectivity index (χ2v) is 4.34. The van der Waals surface area contributed by atoms with Gasteiger partial charge in [0.05, 0.1) is 11.3 Å². The summed E-state index contributed by atoms with van der Waals surface area (Å²) in [6.45, 7) is 1.71. The Hall–Kier alpha value is -1.86. The lowest BCUT2D eigenvalue weighted by molar-refractivity contribution is -0.137. The van der Waals surface area contributed by atoms with Crippen LogP contribution in [0.15, 0.2) is 36.4 Å². The van der Waals surface area contributed by atoms with Crippen LogP contribution in [0.2, 0.25) is 0 Å². The third-order valence-corrected chi connectivity index (χ3v) is 2.83. The van der Waals surface area contributed by atoms with Gasteiger partial charge < -0.3 is 10.0 Å². The van der Waals surface area contributed by atoms with Gasteiger partial charge in [0, 0.05) is 11.2 Å². The molecule has 0 aliphatic carbocycles. The van der Waals surface area contributed by atoms with Gasteiger partial charge in [-0.05, 0) is 30.7 Å². The number of alkyl halides is 3. The summed E-state index contributed by atoms with van der Waals surface area (Å²) in [6.07, 6.45) is -4.40. The van der Waals surface area contributed by atoms with Crippen molar-refractivity contribution in [1.29, 1.82) is 0 Å². The zero-order chi connectivity index (χ0) is 14.9. The minimum Gasteiger partial charge on any atom is -0.423 e. The van der Waals surface area contributed by atoms with Crippen molar-refractivity contribution in [3.63, 3.8) is 0 Å². The van der Waals surface area contributed by atoms with Crippen molar-refractivity contribution in [2.45, 2.75) is 13.1 Å². The quantitative estimate of drug-likeness (QED) is 0.825. The van der Waals surface area contributed by atoms with Crippen LogP contribution in [0.5, 0.6) is 0 Å². The Morgan fingerprint density at radius 3 is 2.10 bits per heavy atom. The summed E-state index contributed by atoms with van der Waals surface area (Å²) in [4.78, 5) is 4.16. The number of aromatic nitrogens is 1. The Balaban J connectivity index is 2.49. The summed E-state index contributed by atoms with van der Waals surface area (Å²) in [7, 11) is -1.74. The van der Waals surface area contributed by atoms with Gasteiger partial charge in [0.25, 0.3) is 0 Å². The van der Waals surface area contributed by atoms with E-state index in [1.807, 2.05) is 0 Å². The average molecular weight is 281 g/mol. The minimum atomic E-state index is -4.40. The maximum absolute atomic E-state index is 12.5. The average Bonchev–Trinajstić information content (AvgIpc) is 2.37. The molecule has 1 aromatic carbocycles.